The number of anilines is 1. The van der Waals surface area contributed by atoms with E-state index in [4.69, 9.17) is 9.47 Å². The highest BCUT2D eigenvalue weighted by Crippen LogP contribution is 2.33. The van der Waals surface area contributed by atoms with Crippen LogP contribution in [0, 0.1) is 6.92 Å². The van der Waals surface area contributed by atoms with Gasteiger partial charge in [-0.3, -0.25) is 9.59 Å². The lowest BCUT2D eigenvalue weighted by atomic mass is 10.1. The molecule has 26 heavy (non-hydrogen) atoms. The number of benzene rings is 1. The molecule has 1 aromatic heterocycles. The Morgan fingerprint density at radius 2 is 2.08 bits per heavy atom. The van der Waals surface area contributed by atoms with Crippen molar-refractivity contribution >= 4 is 34.8 Å². The van der Waals surface area contributed by atoms with Crippen molar-refractivity contribution in [2.24, 2.45) is 0 Å². The SMILES string of the molecule is CNC(=O)C1CN(C(=O)COC(=O)c2sccc2C)c2ccccc2O1. The largest absolute Gasteiger partial charge is 0.477 e. The predicted octanol–water partition coefficient (Wildman–Crippen LogP) is 1.75. The standard InChI is InChI=1S/C18H18N2O5S/c1-11-7-8-26-16(11)18(23)24-10-15(21)20-9-14(17(22)19-2)25-13-6-4-3-5-12(13)20/h3-8,14H,9-10H2,1-2H3,(H,19,22). The lowest BCUT2D eigenvalue weighted by molar-refractivity contribution is -0.128. The topological polar surface area (TPSA) is 84.9 Å². The summed E-state index contributed by atoms with van der Waals surface area (Å²) in [6.45, 7) is 1.44. The minimum absolute atomic E-state index is 0.0467. The van der Waals surface area contributed by atoms with Crippen molar-refractivity contribution in [1.82, 2.24) is 5.32 Å². The molecule has 8 heteroatoms. The smallest absolute Gasteiger partial charge is 0.349 e. The molecule has 0 saturated carbocycles. The number of aryl methyl sites for hydroxylation is 1. The van der Waals surface area contributed by atoms with E-state index in [2.05, 4.69) is 5.32 Å². The number of amides is 2. The summed E-state index contributed by atoms with van der Waals surface area (Å²) in [5.74, 6) is -0.850. The zero-order valence-corrected chi connectivity index (χ0v) is 15.2. The second-order valence-electron chi connectivity index (χ2n) is 5.70. The molecule has 7 nitrogen and oxygen atoms in total. The molecule has 1 aromatic carbocycles. The number of carbonyl (C=O) groups is 3. The number of esters is 1. The van der Waals surface area contributed by atoms with E-state index in [0.717, 1.165) is 5.56 Å². The van der Waals surface area contributed by atoms with Gasteiger partial charge in [0.15, 0.2) is 12.7 Å². The molecule has 136 valence electrons. The van der Waals surface area contributed by atoms with Crippen LogP contribution in [0.25, 0.3) is 0 Å². The number of hydrogen-bond acceptors (Lipinski definition) is 6. The molecule has 0 saturated heterocycles. The highest BCUT2D eigenvalue weighted by atomic mass is 32.1. The van der Waals surface area contributed by atoms with Gasteiger partial charge in [0.1, 0.15) is 10.6 Å². The second-order valence-corrected chi connectivity index (χ2v) is 6.62. The molecule has 1 atom stereocenters. The minimum atomic E-state index is -0.825. The second kappa shape index (κ2) is 7.57. The van der Waals surface area contributed by atoms with Crippen molar-refractivity contribution in [3.05, 3.63) is 46.2 Å². The predicted molar refractivity (Wildman–Crippen MR) is 96.6 cm³/mol. The molecule has 1 N–H and O–H groups in total. The van der Waals surface area contributed by atoms with Gasteiger partial charge < -0.3 is 19.7 Å². The van der Waals surface area contributed by atoms with Crippen LogP contribution in [-0.2, 0) is 14.3 Å². The summed E-state index contributed by atoms with van der Waals surface area (Å²) in [5.41, 5.74) is 1.35. The number of nitrogens with zero attached hydrogens (tertiary/aromatic N) is 1. The first kappa shape index (κ1) is 17.9. The Kier molecular flexibility index (Phi) is 5.22. The molecule has 3 rings (SSSR count). The molecule has 0 spiro atoms. The highest BCUT2D eigenvalue weighted by molar-refractivity contribution is 7.12. The van der Waals surface area contributed by atoms with Gasteiger partial charge in [0.2, 0.25) is 0 Å². The fraction of sp³-hybridized carbons (Fsp3) is 0.278. The Morgan fingerprint density at radius 1 is 1.31 bits per heavy atom. The molecule has 1 aliphatic rings. The first-order chi connectivity index (χ1) is 12.5. The summed E-state index contributed by atoms with van der Waals surface area (Å²) in [4.78, 5) is 38.6. The fourth-order valence-corrected chi connectivity index (χ4v) is 3.44. The normalized spacial score (nSPS) is 15.6. The van der Waals surface area contributed by atoms with Gasteiger partial charge in [-0.2, -0.15) is 0 Å². The number of fused-ring (bicyclic) bond motifs is 1. The van der Waals surface area contributed by atoms with E-state index in [0.29, 0.717) is 16.3 Å². The third-order valence-electron chi connectivity index (χ3n) is 3.99. The number of rotatable bonds is 4. The van der Waals surface area contributed by atoms with Gasteiger partial charge in [0.05, 0.1) is 12.2 Å². The molecule has 0 bridgehead atoms. The maximum absolute atomic E-state index is 12.6. The average molecular weight is 374 g/mol. The van der Waals surface area contributed by atoms with Crippen molar-refractivity contribution in [3.63, 3.8) is 0 Å². The summed E-state index contributed by atoms with van der Waals surface area (Å²) < 4.78 is 10.8. The summed E-state index contributed by atoms with van der Waals surface area (Å²) in [7, 11) is 1.50. The van der Waals surface area contributed by atoms with Gasteiger partial charge >= 0.3 is 5.97 Å². The first-order valence-electron chi connectivity index (χ1n) is 8.00. The number of likely N-dealkylation sites (N-methyl/N-ethyl adjacent to an activating group) is 1. The van der Waals surface area contributed by atoms with Crippen molar-refractivity contribution < 1.29 is 23.9 Å². The Morgan fingerprint density at radius 3 is 2.77 bits per heavy atom. The van der Waals surface area contributed by atoms with Crippen molar-refractivity contribution in [1.29, 1.82) is 0 Å². The molecule has 1 unspecified atom stereocenters. The summed E-state index contributed by atoms with van der Waals surface area (Å²) >= 11 is 1.27. The zero-order valence-electron chi connectivity index (χ0n) is 14.4. The lowest BCUT2D eigenvalue weighted by Gasteiger charge is -2.33. The van der Waals surface area contributed by atoms with E-state index in [9.17, 15) is 14.4 Å². The Bertz CT molecular complexity index is 848. The maximum atomic E-state index is 12.6. The molecule has 0 aliphatic carbocycles. The van der Waals surface area contributed by atoms with Crippen molar-refractivity contribution in [2.45, 2.75) is 13.0 Å². The van der Waals surface area contributed by atoms with Crippen LogP contribution in [0.4, 0.5) is 5.69 Å². The lowest BCUT2D eigenvalue weighted by Crippen LogP contribution is -2.51. The number of ether oxygens (including phenoxy) is 2. The minimum Gasteiger partial charge on any atom is -0.477 e. The molecule has 0 fully saturated rings. The van der Waals surface area contributed by atoms with Crippen LogP contribution in [0.3, 0.4) is 0 Å². The molecule has 2 aromatic rings. The third kappa shape index (κ3) is 3.55. The van der Waals surface area contributed by atoms with Gasteiger partial charge in [0, 0.05) is 7.05 Å². The maximum Gasteiger partial charge on any atom is 0.349 e. The van der Waals surface area contributed by atoms with E-state index in [1.165, 1.54) is 23.3 Å². The number of nitrogens with one attached hydrogen (secondary N) is 1. The molecule has 0 radical (unpaired) electrons. The number of hydrogen-bond donors (Lipinski definition) is 1. The zero-order chi connectivity index (χ0) is 18.7. The van der Waals surface area contributed by atoms with Gasteiger partial charge in [0.25, 0.3) is 11.8 Å². The van der Waals surface area contributed by atoms with Gasteiger partial charge in [-0.15, -0.1) is 11.3 Å². The van der Waals surface area contributed by atoms with Crippen LogP contribution in [0.1, 0.15) is 15.2 Å². The monoisotopic (exact) mass is 374 g/mol. The van der Waals surface area contributed by atoms with Crippen LogP contribution in [0.15, 0.2) is 35.7 Å². The van der Waals surface area contributed by atoms with E-state index in [-0.39, 0.29) is 12.5 Å². The van der Waals surface area contributed by atoms with E-state index >= 15 is 0 Å². The molecule has 2 amide bonds. The first-order valence-corrected chi connectivity index (χ1v) is 8.88. The number of thiophene rings is 1. The summed E-state index contributed by atoms with van der Waals surface area (Å²) in [6.07, 6.45) is -0.825. The molecular weight excluding hydrogens is 356 g/mol. The van der Waals surface area contributed by atoms with E-state index in [1.54, 1.807) is 36.6 Å². The quantitative estimate of drug-likeness (QED) is 0.825. The van der Waals surface area contributed by atoms with E-state index in [1.807, 2.05) is 6.07 Å². The van der Waals surface area contributed by atoms with Crippen molar-refractivity contribution in [2.75, 3.05) is 25.1 Å². The number of para-hydroxylation sites is 2. The van der Waals surface area contributed by atoms with Crippen LogP contribution < -0.4 is 15.0 Å². The van der Waals surface area contributed by atoms with Crippen LogP contribution in [0.2, 0.25) is 0 Å². The Labute approximate surface area is 154 Å². The molecule has 2 heterocycles. The Hall–Kier alpha value is -2.87. The fourth-order valence-electron chi connectivity index (χ4n) is 2.62. The highest BCUT2D eigenvalue weighted by Gasteiger charge is 2.33. The third-order valence-corrected chi connectivity index (χ3v) is 4.98. The van der Waals surface area contributed by atoms with Gasteiger partial charge in [-0.25, -0.2) is 4.79 Å². The summed E-state index contributed by atoms with van der Waals surface area (Å²) in [5, 5.41) is 4.31. The summed E-state index contributed by atoms with van der Waals surface area (Å²) in [6, 6.07) is 8.75. The molecule has 1 aliphatic heterocycles. The van der Waals surface area contributed by atoms with Crippen LogP contribution >= 0.6 is 11.3 Å². The average Bonchev–Trinajstić information content (AvgIpc) is 3.10. The van der Waals surface area contributed by atoms with Crippen LogP contribution in [0.5, 0.6) is 5.75 Å². The number of carbonyl (C=O) groups excluding carboxylic acids is 3. The van der Waals surface area contributed by atoms with Gasteiger partial charge in [-0.05, 0) is 36.1 Å². The van der Waals surface area contributed by atoms with Crippen LogP contribution in [-0.4, -0.2) is 44.1 Å². The van der Waals surface area contributed by atoms with E-state index < -0.39 is 24.6 Å². The molecular formula is C18H18N2O5S. The van der Waals surface area contributed by atoms with Gasteiger partial charge in [-0.1, -0.05) is 12.1 Å². The Balaban J connectivity index is 1.74. The van der Waals surface area contributed by atoms with Crippen molar-refractivity contribution in [3.8, 4) is 5.75 Å².